The van der Waals surface area contributed by atoms with Crippen LogP contribution in [0.15, 0.2) is 21.6 Å². The molecule has 15 heavy (non-hydrogen) atoms. The molecule has 2 heterocycles. The summed E-state index contributed by atoms with van der Waals surface area (Å²) < 4.78 is 2.69. The summed E-state index contributed by atoms with van der Waals surface area (Å²) in [7, 11) is 1.82. The lowest BCUT2D eigenvalue weighted by Gasteiger charge is -2.07. The Morgan fingerprint density at radius 2 is 2.47 bits per heavy atom. The Bertz CT molecular complexity index is 454. The van der Waals surface area contributed by atoms with Crippen molar-refractivity contribution < 1.29 is 5.11 Å². The van der Waals surface area contributed by atoms with E-state index < -0.39 is 6.10 Å². The lowest BCUT2D eigenvalue weighted by atomic mass is 10.1. The third kappa shape index (κ3) is 2.45. The zero-order chi connectivity index (χ0) is 10.8. The van der Waals surface area contributed by atoms with Gasteiger partial charge in [0.1, 0.15) is 12.2 Å². The third-order valence-corrected chi connectivity index (χ3v) is 3.68. The van der Waals surface area contributed by atoms with Crippen LogP contribution in [0.4, 0.5) is 0 Å². The summed E-state index contributed by atoms with van der Waals surface area (Å²) in [5, 5.41) is 15.8. The molecule has 1 N–H and O–H groups in total. The minimum atomic E-state index is -0.518. The smallest absolute Gasteiger partial charge is 0.138 e. The summed E-state index contributed by atoms with van der Waals surface area (Å²) in [5.74, 6) is 0.782. The first-order valence-electron chi connectivity index (χ1n) is 4.41. The topological polar surface area (TPSA) is 50.9 Å². The Kier molecular flexibility index (Phi) is 3.18. The molecule has 0 aliphatic carbocycles. The molecule has 0 bridgehead atoms. The number of thiophene rings is 1. The largest absolute Gasteiger partial charge is 0.388 e. The highest BCUT2D eigenvalue weighted by molar-refractivity contribution is 9.11. The van der Waals surface area contributed by atoms with Crippen LogP contribution in [-0.2, 0) is 13.5 Å². The molecule has 0 aliphatic rings. The average molecular weight is 288 g/mol. The lowest BCUT2D eigenvalue weighted by molar-refractivity contribution is 0.175. The van der Waals surface area contributed by atoms with Gasteiger partial charge in [-0.3, -0.25) is 4.68 Å². The molecule has 0 spiro atoms. The minimum Gasteiger partial charge on any atom is -0.388 e. The molecule has 6 heteroatoms. The average Bonchev–Trinajstić information content (AvgIpc) is 2.77. The normalized spacial score (nSPS) is 13.0. The van der Waals surface area contributed by atoms with E-state index in [1.165, 1.54) is 6.33 Å². The van der Waals surface area contributed by atoms with Crippen molar-refractivity contribution in [3.63, 3.8) is 0 Å². The molecular weight excluding hydrogens is 278 g/mol. The van der Waals surface area contributed by atoms with E-state index in [1.807, 2.05) is 18.5 Å². The summed E-state index contributed by atoms with van der Waals surface area (Å²) in [4.78, 5) is 4.07. The maximum atomic E-state index is 9.93. The predicted molar refractivity (Wildman–Crippen MR) is 61.7 cm³/mol. The number of nitrogens with zero attached hydrogens (tertiary/aromatic N) is 3. The molecule has 0 amide bonds. The molecule has 2 aromatic rings. The van der Waals surface area contributed by atoms with Crippen molar-refractivity contribution in [1.82, 2.24) is 14.8 Å². The van der Waals surface area contributed by atoms with E-state index in [4.69, 9.17) is 0 Å². The van der Waals surface area contributed by atoms with Crippen LogP contribution < -0.4 is 0 Å². The highest BCUT2D eigenvalue weighted by Crippen LogP contribution is 2.26. The van der Waals surface area contributed by atoms with Crippen LogP contribution in [0.2, 0.25) is 0 Å². The summed E-state index contributed by atoms with van der Waals surface area (Å²) in [6, 6.07) is 1.92. The summed E-state index contributed by atoms with van der Waals surface area (Å²) >= 11 is 4.93. The van der Waals surface area contributed by atoms with E-state index in [0.29, 0.717) is 6.42 Å². The van der Waals surface area contributed by atoms with Gasteiger partial charge in [0.25, 0.3) is 0 Å². The van der Waals surface area contributed by atoms with Crippen LogP contribution in [0, 0.1) is 0 Å². The lowest BCUT2D eigenvalue weighted by Crippen LogP contribution is -2.06. The van der Waals surface area contributed by atoms with Gasteiger partial charge in [-0.1, -0.05) is 0 Å². The minimum absolute atomic E-state index is 0.486. The zero-order valence-corrected chi connectivity index (χ0v) is 10.5. The zero-order valence-electron chi connectivity index (χ0n) is 8.09. The van der Waals surface area contributed by atoms with Gasteiger partial charge in [0.05, 0.1) is 9.89 Å². The molecule has 0 fully saturated rings. The van der Waals surface area contributed by atoms with Crippen LogP contribution in [0.3, 0.4) is 0 Å². The summed E-state index contributed by atoms with van der Waals surface area (Å²) in [5.41, 5.74) is 0.912. The summed E-state index contributed by atoms with van der Waals surface area (Å²) in [6.45, 7) is 0. The Hall–Kier alpha value is -0.720. The van der Waals surface area contributed by atoms with Gasteiger partial charge in [0, 0.05) is 13.5 Å². The third-order valence-electron chi connectivity index (χ3n) is 2.15. The van der Waals surface area contributed by atoms with E-state index in [9.17, 15) is 5.11 Å². The number of hydrogen-bond donors (Lipinski definition) is 1. The maximum absolute atomic E-state index is 9.93. The SMILES string of the molecule is Cn1ncnc1CC(O)c1csc(Br)c1. The number of aryl methyl sites for hydroxylation is 1. The Balaban J connectivity index is 2.10. The highest BCUT2D eigenvalue weighted by Gasteiger charge is 2.13. The second kappa shape index (κ2) is 4.42. The molecule has 2 rings (SSSR count). The van der Waals surface area contributed by atoms with Gasteiger partial charge in [-0.05, 0) is 32.9 Å². The van der Waals surface area contributed by atoms with E-state index in [2.05, 4.69) is 26.0 Å². The highest BCUT2D eigenvalue weighted by atomic mass is 79.9. The standard InChI is InChI=1S/C9H10BrN3OS/c1-13-9(11-5-12-13)3-7(14)6-2-8(10)15-4-6/h2,4-5,7,14H,3H2,1H3. The van der Waals surface area contributed by atoms with Crippen molar-refractivity contribution >= 4 is 27.3 Å². The van der Waals surface area contributed by atoms with Crippen LogP contribution in [0.1, 0.15) is 17.5 Å². The summed E-state index contributed by atoms with van der Waals surface area (Å²) in [6.07, 6.45) is 1.46. The Morgan fingerprint density at radius 3 is 3.00 bits per heavy atom. The van der Waals surface area contributed by atoms with Gasteiger partial charge >= 0.3 is 0 Å². The Labute approximate surface area is 99.7 Å². The molecule has 80 valence electrons. The monoisotopic (exact) mass is 287 g/mol. The molecule has 0 aromatic carbocycles. The van der Waals surface area contributed by atoms with Gasteiger partial charge in [-0.25, -0.2) is 4.98 Å². The van der Waals surface area contributed by atoms with E-state index in [1.54, 1.807) is 16.0 Å². The number of hydrogen-bond acceptors (Lipinski definition) is 4. The first kappa shape index (κ1) is 10.8. The van der Waals surface area contributed by atoms with E-state index in [0.717, 1.165) is 15.2 Å². The van der Waals surface area contributed by atoms with Gasteiger partial charge in [-0.15, -0.1) is 11.3 Å². The second-order valence-electron chi connectivity index (χ2n) is 3.20. The van der Waals surface area contributed by atoms with E-state index >= 15 is 0 Å². The number of rotatable bonds is 3. The van der Waals surface area contributed by atoms with Crippen LogP contribution in [0.25, 0.3) is 0 Å². The number of aliphatic hydroxyl groups excluding tert-OH is 1. The fourth-order valence-electron chi connectivity index (χ4n) is 1.29. The molecule has 0 aliphatic heterocycles. The van der Waals surface area contributed by atoms with Gasteiger partial charge in [-0.2, -0.15) is 5.10 Å². The van der Waals surface area contributed by atoms with Crippen molar-refractivity contribution in [3.05, 3.63) is 32.9 Å². The Morgan fingerprint density at radius 1 is 1.67 bits per heavy atom. The van der Waals surface area contributed by atoms with Gasteiger partial charge < -0.3 is 5.11 Å². The first-order chi connectivity index (χ1) is 7.16. The van der Waals surface area contributed by atoms with Crippen molar-refractivity contribution in [1.29, 1.82) is 0 Å². The first-order valence-corrected chi connectivity index (χ1v) is 6.09. The van der Waals surface area contributed by atoms with Crippen LogP contribution in [0.5, 0.6) is 0 Å². The molecule has 2 aromatic heterocycles. The molecule has 0 saturated carbocycles. The van der Waals surface area contributed by atoms with Crippen molar-refractivity contribution in [3.8, 4) is 0 Å². The molecule has 4 nitrogen and oxygen atoms in total. The van der Waals surface area contributed by atoms with E-state index in [-0.39, 0.29) is 0 Å². The maximum Gasteiger partial charge on any atom is 0.138 e. The van der Waals surface area contributed by atoms with Crippen molar-refractivity contribution in [2.24, 2.45) is 7.05 Å². The van der Waals surface area contributed by atoms with Crippen molar-refractivity contribution in [2.75, 3.05) is 0 Å². The molecular formula is C9H10BrN3OS. The van der Waals surface area contributed by atoms with Crippen molar-refractivity contribution in [2.45, 2.75) is 12.5 Å². The fourth-order valence-corrected chi connectivity index (χ4v) is 2.52. The molecule has 0 radical (unpaired) electrons. The van der Waals surface area contributed by atoms with Crippen LogP contribution >= 0.6 is 27.3 Å². The number of aromatic nitrogens is 3. The van der Waals surface area contributed by atoms with Crippen LogP contribution in [-0.4, -0.2) is 19.9 Å². The van der Waals surface area contributed by atoms with Gasteiger partial charge in [0.15, 0.2) is 0 Å². The predicted octanol–water partition coefficient (Wildman–Crippen LogP) is 1.92. The number of aliphatic hydroxyl groups is 1. The molecule has 0 saturated heterocycles. The number of halogens is 1. The second-order valence-corrected chi connectivity index (χ2v) is 5.49. The molecule has 1 atom stereocenters. The molecule has 1 unspecified atom stereocenters. The fraction of sp³-hybridized carbons (Fsp3) is 0.333. The quantitative estimate of drug-likeness (QED) is 0.938. The van der Waals surface area contributed by atoms with Gasteiger partial charge in [0.2, 0.25) is 0 Å².